The predicted octanol–water partition coefficient (Wildman–Crippen LogP) is 2.87. The van der Waals surface area contributed by atoms with Crippen LogP contribution in [0.2, 0.25) is 0 Å². The average molecular weight is 394 g/mol. The van der Waals surface area contributed by atoms with Crippen LogP contribution in [0.4, 0.5) is 0 Å². The van der Waals surface area contributed by atoms with Crippen LogP contribution in [0.15, 0.2) is 48.2 Å². The molecule has 2 aliphatic rings. The Morgan fingerprint density at radius 1 is 1.07 bits per heavy atom. The molecule has 1 amide bonds. The van der Waals surface area contributed by atoms with E-state index in [-0.39, 0.29) is 5.57 Å². The highest BCUT2D eigenvalue weighted by molar-refractivity contribution is 6.27. The average Bonchev–Trinajstić information content (AvgIpc) is 3.19. The number of fused-ring (bicyclic) bond motifs is 2. The monoisotopic (exact) mass is 394 g/mol. The number of nitrogens with one attached hydrogen (secondary N) is 1. The van der Waals surface area contributed by atoms with E-state index in [9.17, 15) is 19.5 Å². The number of carbonyl (C=O) groups is 3. The molecule has 2 heterocycles. The Hall–Kier alpha value is -3.35. The van der Waals surface area contributed by atoms with E-state index in [1.54, 1.807) is 0 Å². The van der Waals surface area contributed by atoms with Gasteiger partial charge in [-0.3, -0.25) is 14.4 Å². The quantitative estimate of drug-likeness (QED) is 0.691. The van der Waals surface area contributed by atoms with E-state index < -0.39 is 35.5 Å². The zero-order valence-corrected chi connectivity index (χ0v) is 15.9. The number of amides is 1. The van der Waals surface area contributed by atoms with Crippen LogP contribution in [0.3, 0.4) is 0 Å². The summed E-state index contributed by atoms with van der Waals surface area (Å²) in [5.41, 5.74) is 0.736. The number of hydrogen-bond acceptors (Lipinski definition) is 4. The standard InChI is InChI=1S/C22H22N2O5/c25-16(26)13-23-21(29)17-19(27)18-15(14-7-3-1-4-8-14)9-12-24(18)22(20(17)28)10-5-2-6-11-22/h1,3-4,7-9,12,27H,2,5-6,10-11,13H2,(H,23,29)(H,25,26). The maximum Gasteiger partial charge on any atom is 0.322 e. The largest absolute Gasteiger partial charge is 0.505 e. The second kappa shape index (κ2) is 7.24. The normalized spacial score (nSPS) is 17.9. The SMILES string of the molecule is O=C(O)CNC(=O)C1=C(O)c2c(-c3ccccc3)ccn2C2(CCCCC2)C1=O. The maximum absolute atomic E-state index is 13.5. The van der Waals surface area contributed by atoms with Crippen molar-refractivity contribution in [3.05, 3.63) is 53.9 Å². The van der Waals surface area contributed by atoms with E-state index >= 15 is 0 Å². The van der Waals surface area contributed by atoms with Crippen LogP contribution in [-0.2, 0) is 19.9 Å². The van der Waals surface area contributed by atoms with Gasteiger partial charge >= 0.3 is 5.97 Å². The summed E-state index contributed by atoms with van der Waals surface area (Å²) < 4.78 is 1.82. The Morgan fingerprint density at radius 3 is 2.41 bits per heavy atom. The van der Waals surface area contributed by atoms with Gasteiger partial charge < -0.3 is 20.1 Å². The van der Waals surface area contributed by atoms with Gasteiger partial charge in [-0.05, 0) is 24.5 Å². The van der Waals surface area contributed by atoms with Gasteiger partial charge in [0.25, 0.3) is 5.91 Å². The highest BCUT2D eigenvalue weighted by Crippen LogP contribution is 2.46. The first-order valence-corrected chi connectivity index (χ1v) is 9.71. The molecule has 150 valence electrons. The Labute approximate surface area is 167 Å². The van der Waals surface area contributed by atoms with E-state index in [0.717, 1.165) is 30.4 Å². The summed E-state index contributed by atoms with van der Waals surface area (Å²) in [7, 11) is 0. The number of ketones is 1. The molecule has 1 aliphatic heterocycles. The molecule has 1 spiro atoms. The number of carboxylic acids is 1. The van der Waals surface area contributed by atoms with E-state index in [2.05, 4.69) is 5.32 Å². The van der Waals surface area contributed by atoms with Gasteiger partial charge in [0.1, 0.15) is 17.7 Å². The van der Waals surface area contributed by atoms with Crippen LogP contribution in [-0.4, -0.2) is 39.0 Å². The summed E-state index contributed by atoms with van der Waals surface area (Å²) in [5, 5.41) is 22.1. The van der Waals surface area contributed by atoms with Gasteiger partial charge in [0.2, 0.25) is 0 Å². The number of rotatable bonds is 4. The molecule has 7 nitrogen and oxygen atoms in total. The van der Waals surface area contributed by atoms with E-state index in [4.69, 9.17) is 5.11 Å². The van der Waals surface area contributed by atoms with Crippen molar-refractivity contribution >= 4 is 23.4 Å². The van der Waals surface area contributed by atoms with E-state index in [0.29, 0.717) is 18.5 Å². The highest BCUT2D eigenvalue weighted by atomic mass is 16.4. The summed E-state index contributed by atoms with van der Waals surface area (Å²) in [6, 6.07) is 11.3. The van der Waals surface area contributed by atoms with Gasteiger partial charge in [0, 0.05) is 11.8 Å². The zero-order chi connectivity index (χ0) is 20.6. The third kappa shape index (κ3) is 3.03. The van der Waals surface area contributed by atoms with E-state index in [1.807, 2.05) is 47.2 Å². The minimum absolute atomic E-state index is 0.350. The van der Waals surface area contributed by atoms with Gasteiger partial charge in [-0.2, -0.15) is 0 Å². The first kappa shape index (κ1) is 19.0. The molecule has 0 radical (unpaired) electrons. The molecule has 7 heteroatoms. The Morgan fingerprint density at radius 2 is 1.76 bits per heavy atom. The molecule has 1 aromatic carbocycles. The van der Waals surface area contributed by atoms with Gasteiger partial charge in [0.05, 0.1) is 5.69 Å². The summed E-state index contributed by atoms with van der Waals surface area (Å²) >= 11 is 0. The number of Topliss-reactive ketones (excluding diaryl/α,β-unsaturated/α-hetero) is 1. The van der Waals surface area contributed by atoms with Crippen LogP contribution in [0.25, 0.3) is 16.9 Å². The fourth-order valence-electron chi connectivity index (χ4n) is 4.51. The Bertz CT molecular complexity index is 1010. The second-order valence-corrected chi connectivity index (χ2v) is 7.54. The lowest BCUT2D eigenvalue weighted by Crippen LogP contribution is -2.50. The number of aliphatic hydroxyl groups is 1. The van der Waals surface area contributed by atoms with Crippen molar-refractivity contribution in [2.24, 2.45) is 0 Å². The second-order valence-electron chi connectivity index (χ2n) is 7.54. The van der Waals surface area contributed by atoms with Crippen LogP contribution in [0.1, 0.15) is 37.8 Å². The number of aromatic nitrogens is 1. The van der Waals surface area contributed by atoms with Crippen LogP contribution in [0.5, 0.6) is 0 Å². The van der Waals surface area contributed by atoms with Crippen molar-refractivity contribution < 1.29 is 24.6 Å². The van der Waals surface area contributed by atoms with Crippen LogP contribution >= 0.6 is 0 Å². The topological polar surface area (TPSA) is 109 Å². The molecule has 4 rings (SSSR count). The minimum Gasteiger partial charge on any atom is -0.505 e. The number of carbonyl (C=O) groups excluding carboxylic acids is 2. The fourth-order valence-corrected chi connectivity index (χ4v) is 4.51. The lowest BCUT2D eigenvalue weighted by Gasteiger charge is -2.41. The summed E-state index contributed by atoms with van der Waals surface area (Å²) in [5.74, 6) is -2.92. The van der Waals surface area contributed by atoms with Crippen LogP contribution < -0.4 is 5.32 Å². The number of carboxylic acid groups (broad SMARTS) is 1. The molecule has 1 saturated carbocycles. The van der Waals surface area contributed by atoms with Crippen molar-refractivity contribution in [2.75, 3.05) is 6.54 Å². The summed E-state index contributed by atoms with van der Waals surface area (Å²) in [6.07, 6.45) is 5.65. The molecule has 1 aromatic heterocycles. The first-order chi connectivity index (χ1) is 14.0. The van der Waals surface area contributed by atoms with Crippen molar-refractivity contribution in [2.45, 2.75) is 37.6 Å². The Kier molecular flexibility index (Phi) is 4.74. The van der Waals surface area contributed by atoms with E-state index in [1.165, 1.54) is 0 Å². The zero-order valence-electron chi connectivity index (χ0n) is 15.9. The number of aliphatic hydroxyl groups excluding tert-OH is 1. The molecular weight excluding hydrogens is 372 g/mol. The van der Waals surface area contributed by atoms with Crippen LogP contribution in [0, 0.1) is 0 Å². The number of nitrogens with zero attached hydrogens (tertiary/aromatic N) is 1. The predicted molar refractivity (Wildman–Crippen MR) is 106 cm³/mol. The third-order valence-electron chi connectivity index (χ3n) is 5.85. The highest BCUT2D eigenvalue weighted by Gasteiger charge is 2.50. The number of hydrogen-bond donors (Lipinski definition) is 3. The molecule has 0 bridgehead atoms. The molecule has 0 unspecified atom stereocenters. The lowest BCUT2D eigenvalue weighted by atomic mass is 9.73. The summed E-state index contributed by atoms with van der Waals surface area (Å²) in [4.78, 5) is 37.0. The molecule has 1 fully saturated rings. The van der Waals surface area contributed by atoms with Crippen molar-refractivity contribution in [3.63, 3.8) is 0 Å². The smallest absolute Gasteiger partial charge is 0.322 e. The van der Waals surface area contributed by atoms with Gasteiger partial charge in [-0.25, -0.2) is 0 Å². The molecule has 0 atom stereocenters. The molecule has 3 N–H and O–H groups in total. The number of benzene rings is 1. The fraction of sp³-hybridized carbons (Fsp3) is 0.318. The Balaban J connectivity index is 1.90. The third-order valence-corrected chi connectivity index (χ3v) is 5.85. The minimum atomic E-state index is -1.22. The van der Waals surface area contributed by atoms with Crippen molar-refractivity contribution in [3.8, 4) is 11.1 Å². The maximum atomic E-state index is 13.5. The van der Waals surface area contributed by atoms with Gasteiger partial charge in [-0.15, -0.1) is 0 Å². The lowest BCUT2D eigenvalue weighted by molar-refractivity contribution is -0.138. The first-order valence-electron chi connectivity index (χ1n) is 9.71. The molecule has 29 heavy (non-hydrogen) atoms. The van der Waals surface area contributed by atoms with Crippen molar-refractivity contribution in [1.29, 1.82) is 0 Å². The molecule has 1 aliphatic carbocycles. The number of aliphatic carboxylic acids is 1. The molecule has 0 saturated heterocycles. The summed E-state index contributed by atoms with van der Waals surface area (Å²) in [6.45, 7) is -0.623. The van der Waals surface area contributed by atoms with Crippen molar-refractivity contribution in [1.82, 2.24) is 9.88 Å². The molecule has 2 aromatic rings. The molecular formula is C22H22N2O5. The van der Waals surface area contributed by atoms with Gasteiger partial charge in [0.15, 0.2) is 11.5 Å². The van der Waals surface area contributed by atoms with Gasteiger partial charge in [-0.1, -0.05) is 49.6 Å².